The second kappa shape index (κ2) is 7.60. The van der Waals surface area contributed by atoms with Crippen LogP contribution in [0.5, 0.6) is 0 Å². The molecule has 1 fully saturated rings. The normalized spacial score (nSPS) is 18.0. The van der Waals surface area contributed by atoms with Gasteiger partial charge in [0.25, 0.3) is 0 Å². The van der Waals surface area contributed by atoms with Crippen molar-refractivity contribution in [3.8, 4) is 0 Å². The molecule has 1 saturated carbocycles. The van der Waals surface area contributed by atoms with Crippen LogP contribution in [0.15, 0.2) is 29.4 Å². The molecule has 1 aliphatic rings. The molecule has 2 rings (SSSR count). The maximum Gasteiger partial charge on any atom is 0.329 e. The summed E-state index contributed by atoms with van der Waals surface area (Å²) in [4.78, 5) is 23.8. The van der Waals surface area contributed by atoms with E-state index in [0.717, 1.165) is 37.0 Å². The molecule has 0 heterocycles. The van der Waals surface area contributed by atoms with Crippen LogP contribution in [0.3, 0.4) is 0 Å². The molecular weight excluding hydrogens is 302 g/mol. The van der Waals surface area contributed by atoms with Gasteiger partial charge in [-0.3, -0.25) is 9.59 Å². The number of rotatable bonds is 2. The van der Waals surface area contributed by atoms with Crippen molar-refractivity contribution in [1.29, 1.82) is 0 Å². The molecule has 1 aromatic rings. The molecule has 0 bridgehead atoms. The Labute approximate surface area is 143 Å². The molecule has 0 aromatic heterocycles. The molecule has 0 spiro atoms. The molecule has 0 saturated heterocycles. The van der Waals surface area contributed by atoms with E-state index in [0.29, 0.717) is 17.0 Å². The van der Waals surface area contributed by atoms with Gasteiger partial charge in [0.2, 0.25) is 0 Å². The molecule has 0 aliphatic heterocycles. The number of amides is 2. The molecule has 0 radical (unpaired) electrons. The van der Waals surface area contributed by atoms with E-state index in [4.69, 9.17) is 0 Å². The van der Waals surface area contributed by atoms with Gasteiger partial charge in [0.15, 0.2) is 0 Å². The standard InChI is InChI=1S/C19H27N3O2/c1-13-7-5-6-8-16(13)20-17(23)18(24)22-21-15-11-9-14(10-12-15)19(2,3)4/h5-8,14H,9-12H2,1-4H3,(H,20,23)(H,22,24). The zero-order chi connectivity index (χ0) is 17.7. The lowest BCUT2D eigenvalue weighted by atomic mass is 9.72. The quantitative estimate of drug-likeness (QED) is 0.642. The number of hydrogen-bond donors (Lipinski definition) is 2. The van der Waals surface area contributed by atoms with Crippen molar-refractivity contribution >= 4 is 23.2 Å². The van der Waals surface area contributed by atoms with E-state index in [1.807, 2.05) is 25.1 Å². The van der Waals surface area contributed by atoms with Gasteiger partial charge in [0, 0.05) is 11.4 Å². The van der Waals surface area contributed by atoms with Crippen molar-refractivity contribution in [1.82, 2.24) is 5.43 Å². The number of anilines is 1. The van der Waals surface area contributed by atoms with Crippen LogP contribution in [-0.2, 0) is 9.59 Å². The molecule has 2 amide bonds. The van der Waals surface area contributed by atoms with Crippen LogP contribution < -0.4 is 10.7 Å². The Bertz CT molecular complexity index is 634. The topological polar surface area (TPSA) is 70.6 Å². The Morgan fingerprint density at radius 2 is 1.71 bits per heavy atom. The van der Waals surface area contributed by atoms with Crippen molar-refractivity contribution in [3.05, 3.63) is 29.8 Å². The number of nitrogens with one attached hydrogen (secondary N) is 2. The summed E-state index contributed by atoms with van der Waals surface area (Å²) in [7, 11) is 0. The number of hydrazone groups is 1. The van der Waals surface area contributed by atoms with Crippen molar-refractivity contribution in [2.45, 2.75) is 53.4 Å². The lowest BCUT2D eigenvalue weighted by molar-refractivity contribution is -0.136. The molecule has 1 aromatic carbocycles. The Morgan fingerprint density at radius 1 is 1.08 bits per heavy atom. The van der Waals surface area contributed by atoms with Crippen LogP contribution in [0.4, 0.5) is 5.69 Å². The van der Waals surface area contributed by atoms with Gasteiger partial charge in [-0.25, -0.2) is 5.43 Å². The van der Waals surface area contributed by atoms with Gasteiger partial charge in [0.05, 0.1) is 0 Å². The molecule has 24 heavy (non-hydrogen) atoms. The summed E-state index contributed by atoms with van der Waals surface area (Å²) < 4.78 is 0. The SMILES string of the molecule is Cc1ccccc1NC(=O)C(=O)NN=C1CCC(C(C)(C)C)CC1. The summed E-state index contributed by atoms with van der Waals surface area (Å²) in [6.07, 6.45) is 3.91. The number of hydrogen-bond acceptors (Lipinski definition) is 3. The molecule has 1 aliphatic carbocycles. The first-order valence-corrected chi connectivity index (χ1v) is 8.50. The molecule has 5 nitrogen and oxygen atoms in total. The number of para-hydroxylation sites is 1. The lowest BCUT2D eigenvalue weighted by Gasteiger charge is -2.34. The fourth-order valence-electron chi connectivity index (χ4n) is 3.00. The number of carbonyl (C=O) groups is 2. The fraction of sp³-hybridized carbons (Fsp3) is 0.526. The Morgan fingerprint density at radius 3 is 2.29 bits per heavy atom. The van der Waals surface area contributed by atoms with E-state index in [9.17, 15) is 9.59 Å². The third-order valence-electron chi connectivity index (χ3n) is 4.70. The minimum Gasteiger partial charge on any atom is -0.317 e. The Kier molecular flexibility index (Phi) is 5.75. The van der Waals surface area contributed by atoms with Gasteiger partial charge in [-0.15, -0.1) is 0 Å². The van der Waals surface area contributed by atoms with Crippen molar-refractivity contribution in [3.63, 3.8) is 0 Å². The van der Waals surface area contributed by atoms with E-state index < -0.39 is 11.8 Å². The monoisotopic (exact) mass is 329 g/mol. The maximum atomic E-state index is 11.9. The van der Waals surface area contributed by atoms with Crippen LogP contribution >= 0.6 is 0 Å². The number of carbonyl (C=O) groups excluding carboxylic acids is 2. The summed E-state index contributed by atoms with van der Waals surface area (Å²) in [5.74, 6) is -0.753. The summed E-state index contributed by atoms with van der Waals surface area (Å²) >= 11 is 0. The van der Waals surface area contributed by atoms with E-state index in [1.165, 1.54) is 0 Å². The van der Waals surface area contributed by atoms with Crippen LogP contribution in [0, 0.1) is 18.3 Å². The molecular formula is C19H27N3O2. The zero-order valence-electron chi connectivity index (χ0n) is 15.0. The van der Waals surface area contributed by atoms with Gasteiger partial charge in [-0.2, -0.15) is 5.10 Å². The van der Waals surface area contributed by atoms with E-state index in [-0.39, 0.29) is 0 Å². The predicted molar refractivity (Wildman–Crippen MR) is 96.8 cm³/mol. The molecule has 0 atom stereocenters. The van der Waals surface area contributed by atoms with Gasteiger partial charge in [0.1, 0.15) is 0 Å². The highest BCUT2D eigenvalue weighted by molar-refractivity contribution is 6.39. The first-order valence-electron chi connectivity index (χ1n) is 8.50. The number of aryl methyl sites for hydroxylation is 1. The summed E-state index contributed by atoms with van der Waals surface area (Å²) in [5.41, 5.74) is 5.20. The Balaban J connectivity index is 1.85. The van der Waals surface area contributed by atoms with Crippen LogP contribution in [0.2, 0.25) is 0 Å². The van der Waals surface area contributed by atoms with Gasteiger partial charge in [-0.1, -0.05) is 39.0 Å². The minimum atomic E-state index is -0.733. The third kappa shape index (κ3) is 4.91. The average Bonchev–Trinajstić information content (AvgIpc) is 2.54. The summed E-state index contributed by atoms with van der Waals surface area (Å²) in [5, 5.41) is 6.75. The molecule has 2 N–H and O–H groups in total. The van der Waals surface area contributed by atoms with Crippen molar-refractivity contribution in [2.75, 3.05) is 5.32 Å². The highest BCUT2D eigenvalue weighted by atomic mass is 16.2. The summed E-state index contributed by atoms with van der Waals surface area (Å²) in [6.45, 7) is 8.66. The Hall–Kier alpha value is -2.17. The van der Waals surface area contributed by atoms with Gasteiger partial charge < -0.3 is 5.32 Å². The van der Waals surface area contributed by atoms with Gasteiger partial charge >= 0.3 is 11.8 Å². The lowest BCUT2D eigenvalue weighted by Crippen LogP contribution is -2.34. The molecule has 0 unspecified atom stereocenters. The van der Waals surface area contributed by atoms with Crippen LogP contribution in [-0.4, -0.2) is 17.5 Å². The fourth-order valence-corrected chi connectivity index (χ4v) is 3.00. The average molecular weight is 329 g/mol. The predicted octanol–water partition coefficient (Wildman–Crippen LogP) is 3.64. The van der Waals surface area contributed by atoms with E-state index in [1.54, 1.807) is 6.07 Å². The third-order valence-corrected chi connectivity index (χ3v) is 4.70. The smallest absolute Gasteiger partial charge is 0.317 e. The number of benzene rings is 1. The number of nitrogens with zero attached hydrogens (tertiary/aromatic N) is 1. The van der Waals surface area contributed by atoms with Crippen molar-refractivity contribution in [2.24, 2.45) is 16.4 Å². The maximum absolute atomic E-state index is 11.9. The van der Waals surface area contributed by atoms with Gasteiger partial charge in [-0.05, 0) is 55.6 Å². The molecule has 5 heteroatoms. The van der Waals surface area contributed by atoms with E-state index in [2.05, 4.69) is 36.6 Å². The van der Waals surface area contributed by atoms with Crippen LogP contribution in [0.25, 0.3) is 0 Å². The largest absolute Gasteiger partial charge is 0.329 e. The highest BCUT2D eigenvalue weighted by Gasteiger charge is 2.28. The first-order chi connectivity index (χ1) is 11.3. The van der Waals surface area contributed by atoms with Crippen LogP contribution in [0.1, 0.15) is 52.0 Å². The minimum absolute atomic E-state index is 0.308. The highest BCUT2D eigenvalue weighted by Crippen LogP contribution is 2.36. The van der Waals surface area contributed by atoms with E-state index >= 15 is 0 Å². The summed E-state index contributed by atoms with van der Waals surface area (Å²) in [6, 6.07) is 7.33. The zero-order valence-corrected chi connectivity index (χ0v) is 15.0. The second-order valence-corrected chi connectivity index (χ2v) is 7.53. The molecule has 130 valence electrons. The van der Waals surface area contributed by atoms with Crippen molar-refractivity contribution < 1.29 is 9.59 Å². The second-order valence-electron chi connectivity index (χ2n) is 7.53. The first kappa shape index (κ1) is 18.2.